The fourth-order valence-electron chi connectivity index (χ4n) is 1.66. The zero-order valence-electron chi connectivity index (χ0n) is 11.6. The maximum Gasteiger partial charge on any atom is 0.187 e. The molecule has 0 bridgehead atoms. The highest BCUT2D eigenvalue weighted by atomic mass is 35.5. The van der Waals surface area contributed by atoms with Gasteiger partial charge in [0.25, 0.3) is 0 Å². The van der Waals surface area contributed by atoms with Crippen LogP contribution in [0.15, 0.2) is 40.0 Å². The van der Waals surface area contributed by atoms with Gasteiger partial charge in [-0.15, -0.1) is 0 Å². The van der Waals surface area contributed by atoms with Crippen LogP contribution < -0.4 is 10.7 Å². The normalized spacial score (nSPS) is 11.3. The van der Waals surface area contributed by atoms with Crippen molar-refractivity contribution in [3.8, 4) is 5.75 Å². The van der Waals surface area contributed by atoms with E-state index in [4.69, 9.17) is 39.8 Å². The Morgan fingerprint density at radius 3 is 2.86 bits per heavy atom. The fraction of sp³-hybridized carbons (Fsp3) is 0.143. The topological polar surface area (TPSA) is 69.8 Å². The molecule has 1 aromatic carbocycles. The molecule has 0 saturated carbocycles. The highest BCUT2D eigenvalue weighted by molar-refractivity contribution is 7.80. The van der Waals surface area contributed by atoms with E-state index in [1.165, 1.54) is 6.07 Å². The Hall–Kier alpha value is -1.76. The van der Waals surface area contributed by atoms with Crippen molar-refractivity contribution in [2.75, 3.05) is 0 Å². The van der Waals surface area contributed by atoms with Crippen molar-refractivity contribution in [1.29, 1.82) is 0 Å². The highest BCUT2D eigenvalue weighted by Gasteiger charge is 2.10. The Labute approximate surface area is 142 Å². The van der Waals surface area contributed by atoms with Crippen LogP contribution in [0.2, 0.25) is 10.0 Å². The largest absolute Gasteiger partial charge is 0.506 e. The summed E-state index contributed by atoms with van der Waals surface area (Å²) in [4.78, 5) is 0. The summed E-state index contributed by atoms with van der Waals surface area (Å²) in [5, 5.41) is 17.8. The van der Waals surface area contributed by atoms with E-state index in [1.807, 2.05) is 6.07 Å². The van der Waals surface area contributed by atoms with Gasteiger partial charge in [0.2, 0.25) is 0 Å². The summed E-state index contributed by atoms with van der Waals surface area (Å²) in [6, 6.07) is 6.65. The number of thiocarbonyl (C=S) groups is 1. The molecule has 0 fully saturated rings. The van der Waals surface area contributed by atoms with Crippen molar-refractivity contribution < 1.29 is 9.52 Å². The van der Waals surface area contributed by atoms with E-state index in [0.29, 0.717) is 28.0 Å². The van der Waals surface area contributed by atoms with Gasteiger partial charge in [0, 0.05) is 10.6 Å². The third-order valence-corrected chi connectivity index (χ3v) is 3.49. The van der Waals surface area contributed by atoms with Crippen LogP contribution in [-0.2, 0) is 6.54 Å². The van der Waals surface area contributed by atoms with E-state index < -0.39 is 0 Å². The molecule has 1 heterocycles. The summed E-state index contributed by atoms with van der Waals surface area (Å²) < 4.78 is 5.17. The SMILES string of the molecule is C/C(=N\NC(=S)NCc1ccco1)c1cc(Cl)cc(Cl)c1O. The summed E-state index contributed by atoms with van der Waals surface area (Å²) >= 11 is 16.9. The van der Waals surface area contributed by atoms with Crippen LogP contribution in [0.1, 0.15) is 18.2 Å². The highest BCUT2D eigenvalue weighted by Crippen LogP contribution is 2.31. The standard InChI is InChI=1S/C14H13Cl2N3O2S/c1-8(11-5-9(15)6-12(16)13(11)20)18-19-14(22)17-7-10-3-2-4-21-10/h2-6,20H,7H2,1H3,(H2,17,19,22)/b18-8+. The quantitative estimate of drug-likeness (QED) is 0.442. The van der Waals surface area contributed by atoms with Gasteiger partial charge in [-0.1, -0.05) is 23.2 Å². The van der Waals surface area contributed by atoms with E-state index in [1.54, 1.807) is 25.3 Å². The fourth-order valence-corrected chi connectivity index (χ4v) is 2.27. The monoisotopic (exact) mass is 357 g/mol. The van der Waals surface area contributed by atoms with E-state index in [2.05, 4.69) is 15.8 Å². The average molecular weight is 358 g/mol. The molecule has 0 unspecified atom stereocenters. The van der Waals surface area contributed by atoms with Crippen molar-refractivity contribution in [3.05, 3.63) is 51.9 Å². The van der Waals surface area contributed by atoms with E-state index in [0.717, 1.165) is 5.76 Å². The number of phenolic OH excluding ortho intramolecular Hbond substituents is 1. The molecule has 8 heteroatoms. The van der Waals surface area contributed by atoms with Crippen molar-refractivity contribution in [3.63, 3.8) is 0 Å². The van der Waals surface area contributed by atoms with Crippen molar-refractivity contribution in [1.82, 2.24) is 10.7 Å². The predicted octanol–water partition coefficient (Wildman–Crippen LogP) is 3.68. The lowest BCUT2D eigenvalue weighted by Gasteiger charge is -2.09. The molecule has 0 saturated heterocycles. The van der Waals surface area contributed by atoms with Crippen LogP contribution in [0.25, 0.3) is 0 Å². The van der Waals surface area contributed by atoms with Crippen LogP contribution in [0.3, 0.4) is 0 Å². The van der Waals surface area contributed by atoms with Gasteiger partial charge in [-0.2, -0.15) is 5.10 Å². The van der Waals surface area contributed by atoms with Gasteiger partial charge in [0.15, 0.2) is 5.11 Å². The molecule has 0 aliphatic heterocycles. The number of benzene rings is 1. The predicted molar refractivity (Wildman–Crippen MR) is 91.6 cm³/mol. The molecule has 116 valence electrons. The molecule has 1 aromatic heterocycles. The molecular formula is C14H13Cl2N3O2S. The van der Waals surface area contributed by atoms with Crippen LogP contribution in [-0.4, -0.2) is 15.9 Å². The third kappa shape index (κ3) is 4.37. The number of nitrogens with zero attached hydrogens (tertiary/aromatic N) is 1. The molecule has 22 heavy (non-hydrogen) atoms. The van der Waals surface area contributed by atoms with Gasteiger partial charge < -0.3 is 14.8 Å². The van der Waals surface area contributed by atoms with Crippen molar-refractivity contribution in [2.45, 2.75) is 13.5 Å². The Bertz CT molecular complexity index is 702. The second-order valence-electron chi connectivity index (χ2n) is 4.35. The summed E-state index contributed by atoms with van der Waals surface area (Å²) in [7, 11) is 0. The van der Waals surface area contributed by atoms with Crippen LogP contribution in [0.4, 0.5) is 0 Å². The second kappa shape index (κ2) is 7.49. The molecule has 0 radical (unpaired) electrons. The van der Waals surface area contributed by atoms with Crippen LogP contribution in [0.5, 0.6) is 5.75 Å². The summed E-state index contributed by atoms with van der Waals surface area (Å²) in [5.41, 5.74) is 3.60. The number of hydrogen-bond acceptors (Lipinski definition) is 4. The number of furan rings is 1. The minimum absolute atomic E-state index is 0.0800. The molecule has 0 aliphatic rings. The van der Waals surface area contributed by atoms with Crippen LogP contribution in [0, 0.1) is 0 Å². The maximum atomic E-state index is 9.93. The van der Waals surface area contributed by atoms with Gasteiger partial charge in [0.05, 0.1) is 23.5 Å². The lowest BCUT2D eigenvalue weighted by atomic mass is 10.1. The van der Waals surface area contributed by atoms with Crippen molar-refractivity contribution >= 4 is 46.2 Å². The van der Waals surface area contributed by atoms with Crippen LogP contribution >= 0.6 is 35.4 Å². The number of hydrazone groups is 1. The molecule has 0 aliphatic carbocycles. The minimum atomic E-state index is -0.0800. The number of aromatic hydroxyl groups is 1. The number of phenols is 1. The zero-order chi connectivity index (χ0) is 16.1. The van der Waals surface area contributed by atoms with E-state index in [9.17, 15) is 5.11 Å². The number of halogens is 2. The van der Waals surface area contributed by atoms with Gasteiger partial charge in [-0.3, -0.25) is 5.43 Å². The Kier molecular flexibility index (Phi) is 5.65. The molecule has 2 rings (SSSR count). The number of nitrogens with one attached hydrogen (secondary N) is 2. The van der Waals surface area contributed by atoms with Gasteiger partial charge in [0.1, 0.15) is 11.5 Å². The molecule has 3 N–H and O–H groups in total. The summed E-state index contributed by atoms with van der Waals surface area (Å²) in [5.74, 6) is 0.674. The third-order valence-electron chi connectivity index (χ3n) is 2.75. The summed E-state index contributed by atoms with van der Waals surface area (Å²) in [6.07, 6.45) is 1.58. The first kappa shape index (κ1) is 16.6. The molecular weight excluding hydrogens is 345 g/mol. The first-order valence-electron chi connectivity index (χ1n) is 6.26. The first-order valence-corrected chi connectivity index (χ1v) is 7.42. The Morgan fingerprint density at radius 2 is 2.18 bits per heavy atom. The summed E-state index contributed by atoms with van der Waals surface area (Å²) in [6.45, 7) is 2.14. The smallest absolute Gasteiger partial charge is 0.187 e. The minimum Gasteiger partial charge on any atom is -0.506 e. The zero-order valence-corrected chi connectivity index (χ0v) is 13.9. The van der Waals surface area contributed by atoms with Crippen molar-refractivity contribution in [2.24, 2.45) is 5.10 Å². The van der Waals surface area contributed by atoms with E-state index >= 15 is 0 Å². The molecule has 0 atom stereocenters. The Balaban J connectivity index is 1.99. The number of rotatable bonds is 4. The van der Waals surface area contributed by atoms with Gasteiger partial charge >= 0.3 is 0 Å². The van der Waals surface area contributed by atoms with E-state index in [-0.39, 0.29) is 10.8 Å². The molecule has 2 aromatic rings. The molecule has 0 amide bonds. The lowest BCUT2D eigenvalue weighted by Crippen LogP contribution is -2.32. The second-order valence-corrected chi connectivity index (χ2v) is 5.61. The molecule has 0 spiro atoms. The first-order chi connectivity index (χ1) is 10.5. The average Bonchev–Trinajstić information content (AvgIpc) is 2.99. The lowest BCUT2D eigenvalue weighted by molar-refractivity contribution is 0.474. The number of hydrogen-bond donors (Lipinski definition) is 3. The maximum absolute atomic E-state index is 9.93. The van der Waals surface area contributed by atoms with Gasteiger partial charge in [-0.05, 0) is 43.4 Å². The molecule has 5 nitrogen and oxygen atoms in total. The van der Waals surface area contributed by atoms with Gasteiger partial charge in [-0.25, -0.2) is 0 Å². The Morgan fingerprint density at radius 1 is 1.41 bits per heavy atom.